The average molecular weight is 546 g/mol. The topological polar surface area (TPSA) is 168 Å². The summed E-state index contributed by atoms with van der Waals surface area (Å²) in [5.74, 6) is -2.22. The first-order valence-corrected chi connectivity index (χ1v) is 13.4. The molecule has 1 aromatic heterocycles. The predicted molar refractivity (Wildman–Crippen MR) is 140 cm³/mol. The van der Waals surface area contributed by atoms with Gasteiger partial charge in [0.1, 0.15) is 0 Å². The number of thioether (sulfide) groups is 1. The molecule has 2 aliphatic rings. The minimum atomic E-state index is -1.58. The number of carbonyl (C=O) groups excluding carboxylic acids is 1. The number of hydrogen-bond donors (Lipinski definition) is 3. The molecule has 1 saturated carbocycles. The number of nitrogens with zero attached hydrogens (tertiary/aromatic N) is 3. The number of benzene rings is 1. The lowest BCUT2D eigenvalue weighted by Gasteiger charge is -2.37. The van der Waals surface area contributed by atoms with Crippen LogP contribution in [0.3, 0.4) is 0 Å². The fourth-order valence-electron chi connectivity index (χ4n) is 4.47. The van der Waals surface area contributed by atoms with E-state index in [1.807, 2.05) is 31.6 Å². The van der Waals surface area contributed by atoms with Crippen molar-refractivity contribution in [1.82, 2.24) is 9.97 Å². The van der Waals surface area contributed by atoms with E-state index < -0.39 is 30.6 Å². The highest BCUT2D eigenvalue weighted by Gasteiger charge is 2.37. The minimum Gasteiger partial charge on any atom is -0.493 e. The molecule has 3 N–H and O–H groups in total. The number of aliphatic hydroxyl groups is 1. The van der Waals surface area contributed by atoms with Gasteiger partial charge < -0.3 is 24.8 Å². The highest BCUT2D eigenvalue weighted by atomic mass is 32.2. The first-order valence-electron chi connectivity index (χ1n) is 12.1. The molecule has 0 bridgehead atoms. The Balaban J connectivity index is 0.000000342. The van der Waals surface area contributed by atoms with Crippen molar-refractivity contribution in [1.29, 1.82) is 0 Å². The number of aromatic nitrogens is 2. The minimum absolute atomic E-state index is 0.147. The normalized spacial score (nSPS) is 19.6. The molecule has 4 rings (SSSR count). The number of ketones is 1. The summed E-state index contributed by atoms with van der Waals surface area (Å²) in [6, 6.07) is 4.21. The molecule has 204 valence electrons. The van der Waals surface area contributed by atoms with E-state index in [0.717, 1.165) is 46.1 Å². The Bertz CT molecular complexity index is 1200. The van der Waals surface area contributed by atoms with Gasteiger partial charge in [-0.2, -0.15) is 0 Å². The highest BCUT2D eigenvalue weighted by molar-refractivity contribution is 7.98. The first kappa shape index (κ1) is 29.1. The number of rotatable bonds is 9. The molecule has 0 unspecified atom stereocenters. The van der Waals surface area contributed by atoms with Crippen molar-refractivity contribution in [2.45, 2.75) is 62.2 Å². The average Bonchev–Trinajstić information content (AvgIpc) is 2.91. The van der Waals surface area contributed by atoms with Gasteiger partial charge in [0, 0.05) is 35.9 Å². The number of Topliss-reactive ketones (excluding diaryl/α,β-unsaturated/α-hetero) is 1. The lowest BCUT2D eigenvalue weighted by Crippen LogP contribution is -2.34. The van der Waals surface area contributed by atoms with Crippen LogP contribution in [-0.2, 0) is 14.4 Å². The summed E-state index contributed by atoms with van der Waals surface area (Å²) in [5, 5.41) is 27.0. The van der Waals surface area contributed by atoms with Gasteiger partial charge in [0.25, 0.3) is 0 Å². The van der Waals surface area contributed by atoms with Crippen LogP contribution in [0.15, 0.2) is 34.7 Å². The number of carbonyl (C=O) groups is 3. The van der Waals surface area contributed by atoms with E-state index in [1.54, 1.807) is 7.11 Å². The Morgan fingerprint density at radius 2 is 1.79 bits per heavy atom. The molecule has 0 amide bonds. The fraction of sp³-hybridized carbons (Fsp3) is 0.462. The number of methoxy groups -OCH3 is 1. The molecule has 0 saturated heterocycles. The summed E-state index contributed by atoms with van der Waals surface area (Å²) in [4.78, 5) is 43.7. The van der Waals surface area contributed by atoms with Crippen LogP contribution in [0.25, 0.3) is 0 Å². The molecule has 2 heterocycles. The van der Waals surface area contributed by atoms with Crippen molar-refractivity contribution in [3.05, 3.63) is 41.2 Å². The molecule has 11 nitrogen and oxygen atoms in total. The zero-order chi connectivity index (χ0) is 27.8. The predicted octanol–water partition coefficient (Wildman–Crippen LogP) is 2.96. The van der Waals surface area contributed by atoms with E-state index in [0.29, 0.717) is 18.8 Å². The molecule has 2 aromatic rings. The first-order chi connectivity index (χ1) is 18.2. The summed E-state index contributed by atoms with van der Waals surface area (Å²) in [6.07, 6.45) is 6.85. The SMILES string of the molecule is CCOc1cc2c(cc1OC)C(c1cnc(SC)nc1)=N[C@@H]1CC[C@@H](O)C[C@H]21.O=C(O)CCC(=O)C(=O)O. The van der Waals surface area contributed by atoms with Crippen molar-refractivity contribution in [3.63, 3.8) is 0 Å². The standard InChI is InChI=1S/C21H25N3O3S.C5H6O5/c1-4-27-19-8-14-15-7-13(25)5-6-17(15)24-20(16(14)9-18(19)26-2)12-10-22-21(28-3)23-11-12;6-3(5(9)10)1-2-4(7)8/h8-11,13,15,17,25H,4-7H2,1-3H3;1-2H2,(H,7,8)(H,9,10)/t13-,15-,17-;/m1./s1. The molecule has 1 aromatic carbocycles. The van der Waals surface area contributed by atoms with Crippen LogP contribution in [-0.4, -0.2) is 80.8 Å². The molecule has 3 atom stereocenters. The van der Waals surface area contributed by atoms with Gasteiger partial charge in [-0.1, -0.05) is 11.8 Å². The number of aliphatic carboxylic acids is 2. The van der Waals surface area contributed by atoms with Gasteiger partial charge in [-0.15, -0.1) is 0 Å². The second-order valence-corrected chi connectivity index (χ2v) is 9.50. The lowest BCUT2D eigenvalue weighted by atomic mass is 9.74. The molecule has 38 heavy (non-hydrogen) atoms. The molecule has 1 aliphatic carbocycles. The summed E-state index contributed by atoms with van der Waals surface area (Å²) in [7, 11) is 1.65. The van der Waals surface area contributed by atoms with Crippen LogP contribution in [0.5, 0.6) is 11.5 Å². The molecule has 1 fully saturated rings. The van der Waals surface area contributed by atoms with Crippen molar-refractivity contribution >= 4 is 35.2 Å². The van der Waals surface area contributed by atoms with Gasteiger partial charge in [0.2, 0.25) is 5.78 Å². The number of carboxylic acids is 2. The lowest BCUT2D eigenvalue weighted by molar-refractivity contribution is -0.149. The quantitative estimate of drug-likeness (QED) is 0.241. The number of fused-ring (bicyclic) bond motifs is 3. The summed E-state index contributed by atoms with van der Waals surface area (Å²) in [5.41, 5.74) is 3.96. The smallest absolute Gasteiger partial charge is 0.372 e. The van der Waals surface area contributed by atoms with E-state index in [-0.39, 0.29) is 18.1 Å². The largest absolute Gasteiger partial charge is 0.493 e. The van der Waals surface area contributed by atoms with E-state index in [4.69, 9.17) is 24.7 Å². The molecular formula is C26H31N3O8S. The molecule has 12 heteroatoms. The third-order valence-electron chi connectivity index (χ3n) is 6.26. The van der Waals surface area contributed by atoms with Gasteiger partial charge in [-0.3, -0.25) is 14.6 Å². The fourth-order valence-corrected chi connectivity index (χ4v) is 4.79. The number of hydrogen-bond acceptors (Lipinski definition) is 10. The number of carboxylic acid groups (broad SMARTS) is 2. The van der Waals surface area contributed by atoms with Crippen LogP contribution in [0.2, 0.25) is 0 Å². The maximum Gasteiger partial charge on any atom is 0.372 e. The van der Waals surface area contributed by atoms with Gasteiger partial charge in [-0.05, 0) is 50.1 Å². The molecule has 0 spiro atoms. The Morgan fingerprint density at radius 3 is 2.37 bits per heavy atom. The van der Waals surface area contributed by atoms with Gasteiger partial charge >= 0.3 is 11.9 Å². The Kier molecular flexibility index (Phi) is 10.2. The van der Waals surface area contributed by atoms with E-state index in [9.17, 15) is 19.5 Å². The van der Waals surface area contributed by atoms with Crippen molar-refractivity contribution < 1.29 is 39.2 Å². The Morgan fingerprint density at radius 1 is 1.08 bits per heavy atom. The second kappa shape index (κ2) is 13.3. The van der Waals surface area contributed by atoms with Crippen LogP contribution >= 0.6 is 11.8 Å². The van der Waals surface area contributed by atoms with Gasteiger partial charge in [0.05, 0.1) is 38.0 Å². The Hall–Kier alpha value is -3.51. The zero-order valence-electron chi connectivity index (χ0n) is 21.4. The third kappa shape index (κ3) is 7.07. The zero-order valence-corrected chi connectivity index (χ0v) is 22.2. The van der Waals surface area contributed by atoms with Crippen LogP contribution in [0.4, 0.5) is 0 Å². The van der Waals surface area contributed by atoms with Crippen molar-refractivity contribution in [2.24, 2.45) is 4.99 Å². The van der Waals surface area contributed by atoms with E-state index in [1.165, 1.54) is 11.8 Å². The molecule has 1 aliphatic heterocycles. The van der Waals surface area contributed by atoms with E-state index in [2.05, 4.69) is 16.0 Å². The van der Waals surface area contributed by atoms with Gasteiger partial charge in [-0.25, -0.2) is 14.8 Å². The number of ether oxygens (including phenoxy) is 2. The monoisotopic (exact) mass is 545 g/mol. The summed E-state index contributed by atoms with van der Waals surface area (Å²) >= 11 is 1.52. The van der Waals surface area contributed by atoms with Crippen LogP contribution in [0.1, 0.15) is 61.6 Å². The number of aliphatic imine (C=N–C) groups is 1. The Labute approximate surface area is 224 Å². The van der Waals surface area contributed by atoms with Crippen LogP contribution < -0.4 is 9.47 Å². The molecule has 0 radical (unpaired) electrons. The summed E-state index contributed by atoms with van der Waals surface area (Å²) in [6.45, 7) is 2.53. The van der Waals surface area contributed by atoms with Gasteiger partial charge in [0.15, 0.2) is 16.7 Å². The molecular weight excluding hydrogens is 514 g/mol. The van der Waals surface area contributed by atoms with Crippen molar-refractivity contribution in [3.8, 4) is 11.5 Å². The maximum atomic E-state index is 10.3. The van der Waals surface area contributed by atoms with E-state index >= 15 is 0 Å². The summed E-state index contributed by atoms with van der Waals surface area (Å²) < 4.78 is 11.4. The second-order valence-electron chi connectivity index (χ2n) is 8.72. The van der Waals surface area contributed by atoms with Crippen molar-refractivity contribution in [2.75, 3.05) is 20.0 Å². The number of aliphatic hydroxyl groups excluding tert-OH is 1. The third-order valence-corrected chi connectivity index (χ3v) is 6.84. The highest BCUT2D eigenvalue weighted by Crippen LogP contribution is 2.44. The van der Waals surface area contributed by atoms with Crippen LogP contribution in [0, 0.1) is 0 Å². The maximum absolute atomic E-state index is 10.3.